The predicted molar refractivity (Wildman–Crippen MR) is 71.9 cm³/mol. The first-order chi connectivity index (χ1) is 8.86. The van der Waals surface area contributed by atoms with Crippen LogP contribution >= 0.6 is 0 Å². The van der Waals surface area contributed by atoms with Crippen molar-refractivity contribution in [3.8, 4) is 0 Å². The molecule has 104 valence electrons. The zero-order chi connectivity index (χ0) is 14.6. The Morgan fingerprint density at radius 3 is 2.42 bits per heavy atom. The first-order valence-corrected chi connectivity index (χ1v) is 6.18. The second-order valence-electron chi connectivity index (χ2n) is 4.69. The van der Waals surface area contributed by atoms with E-state index in [-0.39, 0.29) is 18.5 Å². The molecule has 0 aliphatic carbocycles. The molecule has 1 aromatic heterocycles. The summed E-state index contributed by atoms with van der Waals surface area (Å²) in [5.74, 6) is -0.634. The highest BCUT2D eigenvalue weighted by Gasteiger charge is 2.23. The maximum absolute atomic E-state index is 12.4. The highest BCUT2D eigenvalue weighted by molar-refractivity contribution is 5.97. The fourth-order valence-corrected chi connectivity index (χ4v) is 1.76. The van der Waals surface area contributed by atoms with Crippen LogP contribution in [0.1, 0.15) is 35.6 Å². The van der Waals surface area contributed by atoms with Crippen molar-refractivity contribution >= 4 is 11.9 Å². The Kier molecular flexibility index (Phi) is 5.03. The Labute approximate surface area is 113 Å². The minimum atomic E-state index is -0.431. The number of rotatable bonds is 4. The number of aromatic nitrogens is 1. The molecule has 1 rings (SSSR count). The van der Waals surface area contributed by atoms with Crippen LogP contribution in [0.4, 0.5) is 0 Å². The van der Waals surface area contributed by atoms with Gasteiger partial charge >= 0.3 is 5.97 Å². The number of hydrogen-bond donors (Lipinski definition) is 0. The van der Waals surface area contributed by atoms with Gasteiger partial charge in [0.15, 0.2) is 0 Å². The summed E-state index contributed by atoms with van der Waals surface area (Å²) in [6, 6.07) is 3.44. The molecular formula is C14H20N2O3. The van der Waals surface area contributed by atoms with E-state index in [1.165, 1.54) is 12.0 Å². The molecule has 0 saturated carbocycles. The second-order valence-corrected chi connectivity index (χ2v) is 4.69. The third-order valence-electron chi connectivity index (χ3n) is 2.87. The SMILES string of the molecule is COC(=O)CN(C(=O)c1ccc(C)nc1C)C(C)C. The van der Waals surface area contributed by atoms with Crippen molar-refractivity contribution in [3.63, 3.8) is 0 Å². The van der Waals surface area contributed by atoms with E-state index < -0.39 is 5.97 Å². The van der Waals surface area contributed by atoms with E-state index in [4.69, 9.17) is 0 Å². The van der Waals surface area contributed by atoms with Gasteiger partial charge in [0.1, 0.15) is 6.54 Å². The van der Waals surface area contributed by atoms with Crippen LogP contribution in [0, 0.1) is 13.8 Å². The van der Waals surface area contributed by atoms with Gasteiger partial charge in [0.05, 0.1) is 18.4 Å². The van der Waals surface area contributed by atoms with Crippen LogP contribution in [-0.2, 0) is 9.53 Å². The summed E-state index contributed by atoms with van der Waals surface area (Å²) in [6.07, 6.45) is 0. The van der Waals surface area contributed by atoms with E-state index in [2.05, 4.69) is 9.72 Å². The lowest BCUT2D eigenvalue weighted by atomic mass is 10.1. The number of ether oxygens (including phenoxy) is 1. The van der Waals surface area contributed by atoms with Crippen molar-refractivity contribution in [1.82, 2.24) is 9.88 Å². The number of esters is 1. The minimum Gasteiger partial charge on any atom is -0.468 e. The van der Waals surface area contributed by atoms with Crippen LogP contribution < -0.4 is 0 Å². The van der Waals surface area contributed by atoms with Crippen molar-refractivity contribution in [3.05, 3.63) is 29.1 Å². The topological polar surface area (TPSA) is 59.5 Å². The molecule has 5 heteroatoms. The van der Waals surface area contributed by atoms with Gasteiger partial charge < -0.3 is 9.64 Å². The monoisotopic (exact) mass is 264 g/mol. The van der Waals surface area contributed by atoms with Crippen LogP contribution in [0.3, 0.4) is 0 Å². The van der Waals surface area contributed by atoms with Crippen LogP contribution in [0.2, 0.25) is 0 Å². The summed E-state index contributed by atoms with van der Waals surface area (Å²) in [5, 5.41) is 0. The maximum atomic E-state index is 12.4. The predicted octanol–water partition coefficient (Wildman–Crippen LogP) is 1.72. The Balaban J connectivity index is 3.02. The second kappa shape index (κ2) is 6.31. The van der Waals surface area contributed by atoms with E-state index in [0.29, 0.717) is 11.3 Å². The number of nitrogens with zero attached hydrogens (tertiary/aromatic N) is 2. The summed E-state index contributed by atoms with van der Waals surface area (Å²) in [5.41, 5.74) is 2.04. The molecule has 0 saturated heterocycles. The number of carbonyl (C=O) groups is 2. The first kappa shape index (κ1) is 15.1. The summed E-state index contributed by atoms with van der Waals surface area (Å²) in [4.78, 5) is 29.6. The molecule has 0 aromatic carbocycles. The van der Waals surface area contributed by atoms with E-state index in [9.17, 15) is 9.59 Å². The van der Waals surface area contributed by atoms with Crippen molar-refractivity contribution in [2.45, 2.75) is 33.7 Å². The van der Waals surface area contributed by atoms with Crippen molar-refractivity contribution < 1.29 is 14.3 Å². The zero-order valence-corrected chi connectivity index (χ0v) is 12.1. The molecule has 0 radical (unpaired) electrons. The smallest absolute Gasteiger partial charge is 0.325 e. The number of hydrogen-bond acceptors (Lipinski definition) is 4. The van der Waals surface area contributed by atoms with Crippen molar-refractivity contribution in [1.29, 1.82) is 0 Å². The van der Waals surface area contributed by atoms with Gasteiger partial charge in [-0.1, -0.05) is 0 Å². The molecule has 0 aliphatic heterocycles. The fourth-order valence-electron chi connectivity index (χ4n) is 1.76. The molecule has 0 fully saturated rings. The molecule has 0 spiro atoms. The summed E-state index contributed by atoms with van der Waals surface area (Å²) >= 11 is 0. The lowest BCUT2D eigenvalue weighted by molar-refractivity contribution is -0.141. The van der Waals surface area contributed by atoms with Crippen molar-refractivity contribution in [2.24, 2.45) is 0 Å². The van der Waals surface area contributed by atoms with Crippen LogP contribution in [-0.4, -0.2) is 41.5 Å². The molecule has 1 aromatic rings. The van der Waals surface area contributed by atoms with Gasteiger partial charge in [0.2, 0.25) is 0 Å². The average molecular weight is 264 g/mol. The average Bonchev–Trinajstić information content (AvgIpc) is 2.34. The van der Waals surface area contributed by atoms with Gasteiger partial charge in [-0.2, -0.15) is 0 Å². The Morgan fingerprint density at radius 2 is 1.95 bits per heavy atom. The van der Waals surface area contributed by atoms with E-state index in [1.807, 2.05) is 20.8 Å². The molecule has 0 aliphatic rings. The van der Waals surface area contributed by atoms with Gasteiger partial charge in [0.25, 0.3) is 5.91 Å². The van der Waals surface area contributed by atoms with Crippen LogP contribution in [0.15, 0.2) is 12.1 Å². The van der Waals surface area contributed by atoms with E-state index >= 15 is 0 Å². The van der Waals surface area contributed by atoms with Crippen LogP contribution in [0.5, 0.6) is 0 Å². The molecule has 1 amide bonds. The molecule has 5 nitrogen and oxygen atoms in total. The van der Waals surface area contributed by atoms with Gasteiger partial charge in [-0.25, -0.2) is 0 Å². The standard InChI is InChI=1S/C14H20N2O3/c1-9(2)16(8-13(17)19-5)14(18)12-7-6-10(3)15-11(12)4/h6-7,9H,8H2,1-5H3. The quantitative estimate of drug-likeness (QED) is 0.777. The zero-order valence-electron chi connectivity index (χ0n) is 12.1. The summed E-state index contributed by atoms with van der Waals surface area (Å²) in [7, 11) is 1.31. The molecule has 0 bridgehead atoms. The highest BCUT2D eigenvalue weighted by atomic mass is 16.5. The third kappa shape index (κ3) is 3.77. The Morgan fingerprint density at radius 1 is 1.32 bits per heavy atom. The van der Waals surface area contributed by atoms with Gasteiger partial charge in [-0.15, -0.1) is 0 Å². The number of pyridine rings is 1. The lowest BCUT2D eigenvalue weighted by Gasteiger charge is -2.26. The molecular weight excluding hydrogens is 244 g/mol. The highest BCUT2D eigenvalue weighted by Crippen LogP contribution is 2.12. The number of amides is 1. The molecule has 0 N–H and O–H groups in total. The number of methoxy groups -OCH3 is 1. The molecule has 0 atom stereocenters. The van der Waals surface area contributed by atoms with E-state index in [0.717, 1.165) is 5.69 Å². The lowest BCUT2D eigenvalue weighted by Crippen LogP contribution is -2.41. The minimum absolute atomic E-state index is 0.0552. The Bertz CT molecular complexity index is 484. The number of carbonyl (C=O) groups excluding carboxylic acids is 2. The van der Waals surface area contributed by atoms with Gasteiger partial charge in [0, 0.05) is 11.7 Å². The molecule has 19 heavy (non-hydrogen) atoms. The molecule has 1 heterocycles. The van der Waals surface area contributed by atoms with E-state index in [1.54, 1.807) is 19.1 Å². The van der Waals surface area contributed by atoms with Crippen molar-refractivity contribution in [2.75, 3.05) is 13.7 Å². The summed E-state index contributed by atoms with van der Waals surface area (Å²) < 4.78 is 4.62. The normalized spacial score (nSPS) is 10.4. The Hall–Kier alpha value is -1.91. The first-order valence-electron chi connectivity index (χ1n) is 6.18. The van der Waals surface area contributed by atoms with Gasteiger partial charge in [-0.05, 0) is 39.8 Å². The maximum Gasteiger partial charge on any atom is 0.325 e. The summed E-state index contributed by atoms with van der Waals surface area (Å²) in [6.45, 7) is 7.32. The third-order valence-corrected chi connectivity index (χ3v) is 2.87. The molecule has 0 unspecified atom stereocenters. The fraction of sp³-hybridized carbons (Fsp3) is 0.500. The number of aryl methyl sites for hydroxylation is 2. The van der Waals surface area contributed by atoms with Gasteiger partial charge in [-0.3, -0.25) is 14.6 Å². The largest absolute Gasteiger partial charge is 0.468 e. The van der Waals surface area contributed by atoms with Crippen LogP contribution in [0.25, 0.3) is 0 Å².